The largest absolute Gasteiger partial charge is 0.493 e. The zero-order valence-corrected chi connectivity index (χ0v) is 25.5. The van der Waals surface area contributed by atoms with Crippen molar-refractivity contribution in [2.24, 2.45) is 5.92 Å². The summed E-state index contributed by atoms with van der Waals surface area (Å²) in [5.74, 6) is 1.89. The molecule has 6 heteroatoms. The predicted octanol–water partition coefficient (Wildman–Crippen LogP) is 8.39. The summed E-state index contributed by atoms with van der Waals surface area (Å²) in [6, 6.07) is 12.4. The fourth-order valence-electron chi connectivity index (χ4n) is 5.34. The lowest BCUT2D eigenvalue weighted by molar-refractivity contribution is -0.545. The van der Waals surface area contributed by atoms with E-state index in [0.717, 1.165) is 43.1 Å². The molecule has 1 aliphatic heterocycles. The molecule has 0 fully saturated rings. The lowest BCUT2D eigenvalue weighted by Gasteiger charge is -2.21. The number of ether oxygens (including phenoxy) is 3. The summed E-state index contributed by atoms with van der Waals surface area (Å²) in [6.07, 6.45) is 13.5. The lowest BCUT2D eigenvalue weighted by Crippen LogP contribution is -2.30. The molecule has 0 bridgehead atoms. The number of rotatable bonds is 17. The van der Waals surface area contributed by atoms with Crippen LogP contribution in [0.4, 0.5) is 10.5 Å². The Hall–Kier alpha value is -3.02. The van der Waals surface area contributed by atoms with Crippen molar-refractivity contribution >= 4 is 17.5 Å². The third kappa shape index (κ3) is 9.87. The van der Waals surface area contributed by atoms with Crippen LogP contribution in [0, 0.1) is 5.92 Å². The molecule has 1 N–H and O–H groups in total. The second-order valence-electron chi connectivity index (χ2n) is 11.4. The number of nitrogens with one attached hydrogen (secondary N) is 1. The number of anilines is 1. The maximum absolute atomic E-state index is 12.0. The SMILES string of the molecule is CCCCCCCCCCCC1=[N+](Cc2ccc(NC(=O)OCC(C)C)cc2)CCc2cc(OC)c(OC)cc21. The van der Waals surface area contributed by atoms with Gasteiger partial charge in [-0.3, -0.25) is 5.32 Å². The molecular weight excluding hydrogens is 500 g/mol. The van der Waals surface area contributed by atoms with Crippen LogP contribution in [0.25, 0.3) is 0 Å². The van der Waals surface area contributed by atoms with Gasteiger partial charge in [0.05, 0.1) is 20.8 Å². The molecule has 2 aromatic carbocycles. The zero-order valence-electron chi connectivity index (χ0n) is 25.5. The minimum Gasteiger partial charge on any atom is -0.493 e. The van der Waals surface area contributed by atoms with E-state index in [0.29, 0.717) is 12.5 Å². The number of nitrogens with zero attached hydrogens (tertiary/aromatic N) is 1. The summed E-state index contributed by atoms with van der Waals surface area (Å²) in [4.78, 5) is 12.0. The summed E-state index contributed by atoms with van der Waals surface area (Å²) < 4.78 is 19.0. The number of carbonyl (C=O) groups is 1. The van der Waals surface area contributed by atoms with Crippen LogP contribution < -0.4 is 14.8 Å². The molecule has 3 rings (SSSR count). The van der Waals surface area contributed by atoms with E-state index in [9.17, 15) is 4.79 Å². The Labute approximate surface area is 242 Å². The van der Waals surface area contributed by atoms with Crippen molar-refractivity contribution in [2.45, 2.75) is 97.9 Å². The standard InChI is InChI=1S/C34H50N2O4/c1-6-7-8-9-10-11-12-13-14-15-31-30-23-33(39-5)32(38-4)22-28(30)20-21-36(31)24-27-16-18-29(19-17-27)35-34(37)40-25-26(2)3/h16-19,22-23,26H,6-15,20-21,24-25H2,1-5H3/p+1. The molecule has 0 aromatic heterocycles. The summed E-state index contributed by atoms with van der Waals surface area (Å²) in [6.45, 7) is 8.53. The van der Waals surface area contributed by atoms with E-state index in [1.807, 2.05) is 26.0 Å². The van der Waals surface area contributed by atoms with Crippen molar-refractivity contribution < 1.29 is 23.6 Å². The first-order valence-electron chi connectivity index (χ1n) is 15.3. The van der Waals surface area contributed by atoms with Crippen LogP contribution in [0.5, 0.6) is 11.5 Å². The third-order valence-corrected chi connectivity index (χ3v) is 7.59. The molecule has 0 aliphatic carbocycles. The Bertz CT molecular complexity index is 1090. The van der Waals surface area contributed by atoms with Crippen LogP contribution in [0.3, 0.4) is 0 Å². The van der Waals surface area contributed by atoms with E-state index >= 15 is 0 Å². The van der Waals surface area contributed by atoms with Crippen LogP contribution in [0.15, 0.2) is 36.4 Å². The number of hydrogen-bond donors (Lipinski definition) is 1. The smallest absolute Gasteiger partial charge is 0.411 e. The van der Waals surface area contributed by atoms with Gasteiger partial charge in [-0.05, 0) is 42.2 Å². The topological polar surface area (TPSA) is 59.8 Å². The van der Waals surface area contributed by atoms with Gasteiger partial charge >= 0.3 is 6.09 Å². The van der Waals surface area contributed by atoms with E-state index in [2.05, 4.69) is 41.1 Å². The number of amides is 1. The quantitative estimate of drug-likeness (QED) is 0.158. The Morgan fingerprint density at radius 2 is 1.52 bits per heavy atom. The average molecular weight is 552 g/mol. The molecule has 40 heavy (non-hydrogen) atoms. The van der Waals surface area contributed by atoms with Crippen LogP contribution in [0.2, 0.25) is 0 Å². The zero-order chi connectivity index (χ0) is 28.7. The van der Waals surface area contributed by atoms with E-state index in [4.69, 9.17) is 14.2 Å². The summed E-state index contributed by atoms with van der Waals surface area (Å²) in [5.41, 5.74) is 5.98. The highest BCUT2D eigenvalue weighted by Gasteiger charge is 2.27. The molecule has 0 spiro atoms. The Morgan fingerprint density at radius 1 is 0.900 bits per heavy atom. The van der Waals surface area contributed by atoms with Gasteiger partial charge in [0, 0.05) is 29.7 Å². The fraction of sp³-hybridized carbons (Fsp3) is 0.588. The van der Waals surface area contributed by atoms with Crippen molar-refractivity contribution in [3.63, 3.8) is 0 Å². The first kappa shape index (κ1) is 31.5. The number of hydrogen-bond acceptors (Lipinski definition) is 4. The van der Waals surface area contributed by atoms with E-state index in [1.165, 1.54) is 80.2 Å². The number of carbonyl (C=O) groups excluding carboxylic acids is 1. The molecule has 1 aliphatic rings. The maximum Gasteiger partial charge on any atom is 0.411 e. The highest BCUT2D eigenvalue weighted by molar-refractivity contribution is 5.99. The molecule has 0 atom stereocenters. The van der Waals surface area contributed by atoms with Crippen LogP contribution in [-0.4, -0.2) is 43.8 Å². The summed E-state index contributed by atoms with van der Waals surface area (Å²) in [7, 11) is 3.41. The summed E-state index contributed by atoms with van der Waals surface area (Å²) in [5, 5.41) is 2.83. The normalized spacial score (nSPS) is 12.8. The predicted molar refractivity (Wildman–Crippen MR) is 164 cm³/mol. The molecule has 0 saturated carbocycles. The molecule has 0 radical (unpaired) electrons. The molecule has 2 aromatic rings. The highest BCUT2D eigenvalue weighted by Crippen LogP contribution is 2.33. The van der Waals surface area contributed by atoms with Gasteiger partial charge in [0.15, 0.2) is 23.8 Å². The van der Waals surface area contributed by atoms with Crippen LogP contribution >= 0.6 is 0 Å². The number of benzene rings is 2. The molecule has 0 unspecified atom stereocenters. The van der Waals surface area contributed by atoms with Gasteiger partial charge in [-0.25, -0.2) is 9.37 Å². The Morgan fingerprint density at radius 3 is 2.15 bits per heavy atom. The molecule has 0 saturated heterocycles. The van der Waals surface area contributed by atoms with Gasteiger partial charge in [-0.15, -0.1) is 0 Å². The maximum atomic E-state index is 12.0. The summed E-state index contributed by atoms with van der Waals surface area (Å²) >= 11 is 0. The lowest BCUT2D eigenvalue weighted by atomic mass is 9.92. The number of unbranched alkanes of at least 4 members (excludes halogenated alkanes) is 8. The van der Waals surface area contributed by atoms with Gasteiger partial charge in [0.1, 0.15) is 6.54 Å². The van der Waals surface area contributed by atoms with Gasteiger partial charge in [-0.1, -0.05) is 84.3 Å². The van der Waals surface area contributed by atoms with Gasteiger partial charge in [0.25, 0.3) is 0 Å². The first-order chi connectivity index (χ1) is 19.4. The van der Waals surface area contributed by atoms with Crippen molar-refractivity contribution in [2.75, 3.05) is 32.7 Å². The van der Waals surface area contributed by atoms with E-state index in [1.54, 1.807) is 14.2 Å². The van der Waals surface area contributed by atoms with E-state index in [-0.39, 0.29) is 0 Å². The molecular formula is C34H51N2O4+. The number of methoxy groups -OCH3 is 2. The molecule has 1 heterocycles. The van der Waals surface area contributed by atoms with Gasteiger partial charge < -0.3 is 14.2 Å². The third-order valence-electron chi connectivity index (χ3n) is 7.59. The Balaban J connectivity index is 1.70. The van der Waals surface area contributed by atoms with Crippen LogP contribution in [-0.2, 0) is 17.7 Å². The molecule has 220 valence electrons. The average Bonchev–Trinajstić information content (AvgIpc) is 2.96. The second-order valence-corrected chi connectivity index (χ2v) is 11.4. The first-order valence-corrected chi connectivity index (χ1v) is 15.3. The number of fused-ring (bicyclic) bond motifs is 1. The van der Waals surface area contributed by atoms with Crippen molar-refractivity contribution in [1.29, 1.82) is 0 Å². The Kier molecular flexibility index (Phi) is 13.3. The molecule has 1 amide bonds. The minimum absolute atomic E-state index is 0.310. The molecule has 6 nitrogen and oxygen atoms in total. The van der Waals surface area contributed by atoms with Gasteiger partial charge in [0.2, 0.25) is 0 Å². The fourth-order valence-corrected chi connectivity index (χ4v) is 5.34. The van der Waals surface area contributed by atoms with Crippen LogP contribution in [0.1, 0.15) is 102 Å². The second kappa shape index (κ2) is 16.9. The van der Waals surface area contributed by atoms with Crippen molar-refractivity contribution in [1.82, 2.24) is 0 Å². The van der Waals surface area contributed by atoms with Crippen molar-refractivity contribution in [3.05, 3.63) is 53.1 Å². The highest BCUT2D eigenvalue weighted by atomic mass is 16.5. The minimum atomic E-state index is -0.407. The monoisotopic (exact) mass is 551 g/mol. The van der Waals surface area contributed by atoms with Crippen molar-refractivity contribution in [3.8, 4) is 11.5 Å². The van der Waals surface area contributed by atoms with Gasteiger partial charge in [-0.2, -0.15) is 0 Å². The van der Waals surface area contributed by atoms with E-state index < -0.39 is 6.09 Å².